The van der Waals surface area contributed by atoms with Gasteiger partial charge in [-0.1, -0.05) is 6.58 Å². The molecule has 0 aromatic carbocycles. The summed E-state index contributed by atoms with van der Waals surface area (Å²) >= 11 is 0. The molecular weight excluding hydrogens is 180 g/mol. The van der Waals surface area contributed by atoms with Crippen molar-refractivity contribution in [2.24, 2.45) is 5.84 Å². The number of carbonyl (C=O) groups is 1. The SMILES string of the molecule is C=C1NC(=O)C=CN1CCCN(C)N. The lowest BCUT2D eigenvalue weighted by atomic mass is 10.3. The van der Waals surface area contributed by atoms with Crippen molar-refractivity contribution in [2.45, 2.75) is 6.42 Å². The molecule has 5 nitrogen and oxygen atoms in total. The van der Waals surface area contributed by atoms with Crippen LogP contribution in [0.3, 0.4) is 0 Å². The van der Waals surface area contributed by atoms with Crippen LogP contribution in [0.1, 0.15) is 6.42 Å². The van der Waals surface area contributed by atoms with Gasteiger partial charge in [0, 0.05) is 32.4 Å². The molecule has 5 heteroatoms. The molecule has 0 aromatic rings. The molecule has 1 amide bonds. The molecule has 0 aromatic heterocycles. The van der Waals surface area contributed by atoms with Gasteiger partial charge in [-0.15, -0.1) is 0 Å². The number of nitrogens with zero attached hydrogens (tertiary/aromatic N) is 2. The number of carbonyl (C=O) groups excluding carboxylic acids is 1. The molecule has 3 N–H and O–H groups in total. The van der Waals surface area contributed by atoms with Gasteiger partial charge in [0.05, 0.1) is 0 Å². The summed E-state index contributed by atoms with van der Waals surface area (Å²) in [5.41, 5.74) is 0. The number of rotatable bonds is 4. The van der Waals surface area contributed by atoms with E-state index < -0.39 is 0 Å². The fourth-order valence-electron chi connectivity index (χ4n) is 1.20. The minimum absolute atomic E-state index is 0.123. The van der Waals surface area contributed by atoms with Crippen LogP contribution in [0.5, 0.6) is 0 Å². The van der Waals surface area contributed by atoms with Crippen molar-refractivity contribution >= 4 is 5.91 Å². The Balaban J connectivity index is 2.34. The van der Waals surface area contributed by atoms with Gasteiger partial charge < -0.3 is 10.2 Å². The predicted molar refractivity (Wildman–Crippen MR) is 54.6 cm³/mol. The van der Waals surface area contributed by atoms with E-state index in [0.29, 0.717) is 5.82 Å². The summed E-state index contributed by atoms with van der Waals surface area (Å²) in [6, 6.07) is 0. The fourth-order valence-corrected chi connectivity index (χ4v) is 1.20. The summed E-state index contributed by atoms with van der Waals surface area (Å²) in [7, 11) is 1.82. The number of hydrogen-bond donors (Lipinski definition) is 2. The zero-order valence-corrected chi connectivity index (χ0v) is 8.36. The predicted octanol–water partition coefficient (Wildman–Crippen LogP) is -0.401. The third-order valence-corrected chi connectivity index (χ3v) is 1.93. The lowest BCUT2D eigenvalue weighted by Gasteiger charge is -2.26. The lowest BCUT2D eigenvalue weighted by Crippen LogP contribution is -2.36. The van der Waals surface area contributed by atoms with Crippen LogP contribution in [0, 0.1) is 0 Å². The van der Waals surface area contributed by atoms with Crippen LogP contribution in [-0.2, 0) is 4.79 Å². The van der Waals surface area contributed by atoms with Gasteiger partial charge in [-0.2, -0.15) is 0 Å². The molecular formula is C9H16N4O. The van der Waals surface area contributed by atoms with E-state index >= 15 is 0 Å². The molecule has 0 bridgehead atoms. The molecule has 0 saturated heterocycles. The molecule has 1 aliphatic heterocycles. The molecule has 1 rings (SSSR count). The van der Waals surface area contributed by atoms with Gasteiger partial charge in [-0.3, -0.25) is 15.6 Å². The van der Waals surface area contributed by atoms with Crippen LogP contribution in [0.2, 0.25) is 0 Å². The first kappa shape index (κ1) is 10.7. The summed E-state index contributed by atoms with van der Waals surface area (Å²) in [5, 5.41) is 4.26. The van der Waals surface area contributed by atoms with Gasteiger partial charge in [0.15, 0.2) is 0 Å². The zero-order valence-electron chi connectivity index (χ0n) is 8.36. The molecule has 1 aliphatic rings. The molecule has 78 valence electrons. The smallest absolute Gasteiger partial charge is 0.250 e. The summed E-state index contributed by atoms with van der Waals surface area (Å²) in [6.07, 6.45) is 4.14. The summed E-state index contributed by atoms with van der Waals surface area (Å²) in [6.45, 7) is 5.36. The Morgan fingerprint density at radius 3 is 3.00 bits per heavy atom. The quantitative estimate of drug-likeness (QED) is 0.474. The van der Waals surface area contributed by atoms with E-state index in [2.05, 4.69) is 11.9 Å². The summed E-state index contributed by atoms with van der Waals surface area (Å²) < 4.78 is 0. The third-order valence-electron chi connectivity index (χ3n) is 1.93. The highest BCUT2D eigenvalue weighted by Gasteiger charge is 2.11. The maximum absolute atomic E-state index is 10.9. The van der Waals surface area contributed by atoms with Crippen molar-refractivity contribution in [3.05, 3.63) is 24.7 Å². The van der Waals surface area contributed by atoms with Gasteiger partial charge in [-0.05, 0) is 6.42 Å². The Bertz CT molecular complexity index is 260. The van der Waals surface area contributed by atoms with E-state index in [1.807, 2.05) is 11.9 Å². The summed E-state index contributed by atoms with van der Waals surface area (Å²) in [5.74, 6) is 5.97. The van der Waals surface area contributed by atoms with Crippen LogP contribution in [0.4, 0.5) is 0 Å². The van der Waals surface area contributed by atoms with Gasteiger partial charge in [-0.25, -0.2) is 0 Å². The normalized spacial score (nSPS) is 16.4. The second-order valence-electron chi connectivity index (χ2n) is 3.28. The first-order valence-corrected chi connectivity index (χ1v) is 4.50. The van der Waals surface area contributed by atoms with Gasteiger partial charge in [0.1, 0.15) is 5.82 Å². The minimum Gasteiger partial charge on any atom is -0.335 e. The van der Waals surface area contributed by atoms with Gasteiger partial charge >= 0.3 is 0 Å². The van der Waals surface area contributed by atoms with Crippen molar-refractivity contribution in [3.8, 4) is 0 Å². The molecule has 0 saturated carbocycles. The Labute approximate surface area is 83.8 Å². The molecule has 0 spiro atoms. The number of nitrogens with one attached hydrogen (secondary N) is 1. The van der Waals surface area contributed by atoms with E-state index in [0.717, 1.165) is 19.5 Å². The van der Waals surface area contributed by atoms with E-state index in [1.54, 1.807) is 11.2 Å². The second kappa shape index (κ2) is 4.78. The van der Waals surface area contributed by atoms with Crippen LogP contribution < -0.4 is 11.2 Å². The maximum Gasteiger partial charge on any atom is 0.250 e. The standard InChI is InChI=1S/C9H16N4O/c1-8-11-9(14)4-7-13(8)6-3-5-12(2)10/h4,7H,1,3,5-6,10H2,2H3,(H,11,14). The van der Waals surface area contributed by atoms with Crippen LogP contribution in [-0.4, -0.2) is 36.0 Å². The number of amides is 1. The first-order valence-electron chi connectivity index (χ1n) is 4.50. The van der Waals surface area contributed by atoms with E-state index in [1.165, 1.54) is 6.08 Å². The first-order chi connectivity index (χ1) is 6.59. The van der Waals surface area contributed by atoms with E-state index in [9.17, 15) is 4.79 Å². The van der Waals surface area contributed by atoms with Crippen molar-refractivity contribution in [3.63, 3.8) is 0 Å². The topological polar surface area (TPSA) is 61.6 Å². The van der Waals surface area contributed by atoms with Gasteiger partial charge in [0.25, 0.3) is 5.91 Å². The highest BCUT2D eigenvalue weighted by molar-refractivity contribution is 5.89. The minimum atomic E-state index is -0.123. The molecule has 0 fully saturated rings. The van der Waals surface area contributed by atoms with Gasteiger partial charge in [0.2, 0.25) is 0 Å². The molecule has 0 atom stereocenters. The monoisotopic (exact) mass is 196 g/mol. The average Bonchev–Trinajstić information content (AvgIpc) is 2.08. The molecule has 0 unspecified atom stereocenters. The fraction of sp³-hybridized carbons (Fsp3) is 0.444. The highest BCUT2D eigenvalue weighted by Crippen LogP contribution is 2.05. The maximum atomic E-state index is 10.9. The van der Waals surface area contributed by atoms with Crippen molar-refractivity contribution in [1.82, 2.24) is 15.2 Å². The Morgan fingerprint density at radius 2 is 2.43 bits per heavy atom. The number of hydrogen-bond acceptors (Lipinski definition) is 4. The second-order valence-corrected chi connectivity index (χ2v) is 3.28. The molecule has 0 aliphatic carbocycles. The molecule has 14 heavy (non-hydrogen) atoms. The largest absolute Gasteiger partial charge is 0.335 e. The van der Waals surface area contributed by atoms with Crippen molar-refractivity contribution in [1.29, 1.82) is 0 Å². The molecule has 0 radical (unpaired) electrons. The summed E-state index contributed by atoms with van der Waals surface area (Å²) in [4.78, 5) is 12.8. The number of nitrogens with two attached hydrogens (primary N) is 1. The van der Waals surface area contributed by atoms with E-state index in [-0.39, 0.29) is 5.91 Å². The lowest BCUT2D eigenvalue weighted by molar-refractivity contribution is -0.116. The van der Waals surface area contributed by atoms with E-state index in [4.69, 9.17) is 5.84 Å². The Kier molecular flexibility index (Phi) is 3.67. The van der Waals surface area contributed by atoms with Crippen molar-refractivity contribution < 1.29 is 4.79 Å². The average molecular weight is 196 g/mol. The molecule has 1 heterocycles. The Hall–Kier alpha value is -1.33. The van der Waals surface area contributed by atoms with Crippen LogP contribution >= 0.6 is 0 Å². The zero-order chi connectivity index (χ0) is 10.6. The van der Waals surface area contributed by atoms with Crippen LogP contribution in [0.15, 0.2) is 24.7 Å². The van der Waals surface area contributed by atoms with Crippen molar-refractivity contribution in [2.75, 3.05) is 20.1 Å². The Morgan fingerprint density at radius 1 is 1.71 bits per heavy atom. The number of hydrazine groups is 1. The third kappa shape index (κ3) is 3.20. The van der Waals surface area contributed by atoms with Crippen LogP contribution in [0.25, 0.3) is 0 Å². The highest BCUT2D eigenvalue weighted by atomic mass is 16.1.